The Morgan fingerprint density at radius 1 is 1.47 bits per heavy atom. The summed E-state index contributed by atoms with van der Waals surface area (Å²) < 4.78 is 0. The molecule has 1 fully saturated rings. The Morgan fingerprint density at radius 3 is 2.58 bits per heavy atom. The van der Waals surface area contributed by atoms with Gasteiger partial charge < -0.3 is 21.1 Å². The highest BCUT2D eigenvalue weighted by Gasteiger charge is 2.42. The standard InChI is InChI=1S/C11H19N3O4S/c1-6(2)10-14(7(5-19-10)11(17)18)9(16)4-13-8(15)3-12/h6-7,10H,3-5,12H2,1-2H3,(H,13,15)(H,17,18). The van der Waals surface area contributed by atoms with Crippen molar-refractivity contribution in [3.63, 3.8) is 0 Å². The van der Waals surface area contributed by atoms with Crippen LogP contribution in [0.15, 0.2) is 0 Å². The summed E-state index contributed by atoms with van der Waals surface area (Å²) in [6.07, 6.45) is 0. The average molecular weight is 289 g/mol. The van der Waals surface area contributed by atoms with Gasteiger partial charge in [0.2, 0.25) is 11.8 Å². The van der Waals surface area contributed by atoms with Gasteiger partial charge in [0, 0.05) is 5.75 Å². The van der Waals surface area contributed by atoms with Crippen molar-refractivity contribution in [2.45, 2.75) is 25.3 Å². The molecule has 0 bridgehead atoms. The summed E-state index contributed by atoms with van der Waals surface area (Å²) in [5.74, 6) is -1.34. The van der Waals surface area contributed by atoms with Crippen LogP contribution in [0.25, 0.3) is 0 Å². The molecule has 2 amide bonds. The Morgan fingerprint density at radius 2 is 2.11 bits per heavy atom. The third-order valence-corrected chi connectivity index (χ3v) is 4.42. The van der Waals surface area contributed by atoms with Crippen molar-refractivity contribution in [3.05, 3.63) is 0 Å². The van der Waals surface area contributed by atoms with Crippen LogP contribution in [-0.4, -0.2) is 58.0 Å². The minimum absolute atomic E-state index is 0.142. The zero-order chi connectivity index (χ0) is 14.6. The van der Waals surface area contributed by atoms with Crippen LogP contribution in [0.2, 0.25) is 0 Å². The molecular formula is C11H19N3O4S. The number of carbonyl (C=O) groups is 3. The molecule has 2 atom stereocenters. The fraction of sp³-hybridized carbons (Fsp3) is 0.727. The summed E-state index contributed by atoms with van der Waals surface area (Å²) in [4.78, 5) is 35.6. The van der Waals surface area contributed by atoms with Crippen molar-refractivity contribution < 1.29 is 19.5 Å². The maximum absolute atomic E-state index is 12.1. The number of nitrogens with one attached hydrogen (secondary N) is 1. The molecule has 1 aliphatic heterocycles. The Bertz CT molecular complexity index is 375. The molecule has 1 heterocycles. The van der Waals surface area contributed by atoms with Crippen molar-refractivity contribution in [2.24, 2.45) is 11.7 Å². The molecule has 2 unspecified atom stereocenters. The minimum atomic E-state index is -1.02. The van der Waals surface area contributed by atoms with Crippen LogP contribution in [0, 0.1) is 5.92 Å². The van der Waals surface area contributed by atoms with Crippen LogP contribution < -0.4 is 11.1 Å². The lowest BCUT2D eigenvalue weighted by Crippen LogP contribution is -2.51. The molecule has 0 spiro atoms. The molecule has 1 rings (SSSR count). The number of carboxylic acid groups (broad SMARTS) is 1. The molecule has 1 saturated heterocycles. The van der Waals surface area contributed by atoms with Gasteiger partial charge in [0.25, 0.3) is 0 Å². The zero-order valence-electron chi connectivity index (χ0n) is 11.0. The Balaban J connectivity index is 2.75. The van der Waals surface area contributed by atoms with Gasteiger partial charge in [-0.25, -0.2) is 4.79 Å². The van der Waals surface area contributed by atoms with Crippen molar-refractivity contribution >= 4 is 29.5 Å². The van der Waals surface area contributed by atoms with E-state index in [1.807, 2.05) is 13.8 Å². The van der Waals surface area contributed by atoms with Gasteiger partial charge in [-0.15, -0.1) is 11.8 Å². The molecular weight excluding hydrogens is 270 g/mol. The summed E-state index contributed by atoms with van der Waals surface area (Å²) in [6.45, 7) is 3.45. The lowest BCUT2D eigenvalue weighted by molar-refractivity contribution is -0.149. The lowest BCUT2D eigenvalue weighted by Gasteiger charge is -2.29. The Labute approximate surface area is 115 Å². The number of amides is 2. The van der Waals surface area contributed by atoms with Gasteiger partial charge in [-0.1, -0.05) is 13.8 Å². The molecule has 0 saturated carbocycles. The highest BCUT2D eigenvalue weighted by Crippen LogP contribution is 2.33. The van der Waals surface area contributed by atoms with Gasteiger partial charge in [-0.05, 0) is 5.92 Å². The number of hydrogen-bond donors (Lipinski definition) is 3. The highest BCUT2D eigenvalue weighted by atomic mass is 32.2. The first-order chi connectivity index (χ1) is 8.88. The number of nitrogens with zero attached hydrogens (tertiary/aromatic N) is 1. The summed E-state index contributed by atoms with van der Waals surface area (Å²) in [5.41, 5.74) is 5.13. The van der Waals surface area contributed by atoms with Crippen molar-refractivity contribution in [1.82, 2.24) is 10.2 Å². The van der Waals surface area contributed by atoms with E-state index in [4.69, 9.17) is 10.8 Å². The summed E-state index contributed by atoms with van der Waals surface area (Å²) in [7, 11) is 0. The number of nitrogens with two attached hydrogens (primary N) is 1. The normalized spacial score (nSPS) is 22.6. The van der Waals surface area contributed by atoms with E-state index in [0.717, 1.165) is 0 Å². The predicted molar refractivity (Wildman–Crippen MR) is 71.4 cm³/mol. The van der Waals surface area contributed by atoms with Crippen LogP contribution in [0.4, 0.5) is 0 Å². The highest BCUT2D eigenvalue weighted by molar-refractivity contribution is 8.00. The van der Waals surface area contributed by atoms with Gasteiger partial charge in [0.1, 0.15) is 6.04 Å². The minimum Gasteiger partial charge on any atom is -0.480 e. The predicted octanol–water partition coefficient (Wildman–Crippen LogP) is -0.928. The van der Waals surface area contributed by atoms with E-state index < -0.39 is 23.8 Å². The molecule has 0 aromatic carbocycles. The topological polar surface area (TPSA) is 113 Å². The van der Waals surface area contributed by atoms with E-state index in [9.17, 15) is 14.4 Å². The van der Waals surface area contributed by atoms with E-state index >= 15 is 0 Å². The Hall–Kier alpha value is -1.28. The van der Waals surface area contributed by atoms with Crippen LogP contribution >= 0.6 is 11.8 Å². The van der Waals surface area contributed by atoms with Crippen LogP contribution in [0.3, 0.4) is 0 Å². The van der Waals surface area contributed by atoms with Gasteiger partial charge in [0.15, 0.2) is 0 Å². The van der Waals surface area contributed by atoms with E-state index in [-0.39, 0.29) is 24.4 Å². The third-order valence-electron chi connectivity index (χ3n) is 2.80. The maximum Gasteiger partial charge on any atom is 0.327 e. The molecule has 7 nitrogen and oxygen atoms in total. The fourth-order valence-corrected chi connectivity index (χ4v) is 3.38. The molecule has 0 radical (unpaired) electrons. The van der Waals surface area contributed by atoms with E-state index in [0.29, 0.717) is 5.75 Å². The molecule has 0 aliphatic carbocycles. The fourth-order valence-electron chi connectivity index (χ4n) is 1.88. The van der Waals surface area contributed by atoms with E-state index in [2.05, 4.69) is 5.32 Å². The van der Waals surface area contributed by atoms with Crippen LogP contribution in [0.1, 0.15) is 13.8 Å². The zero-order valence-corrected chi connectivity index (χ0v) is 11.8. The summed E-state index contributed by atoms with van der Waals surface area (Å²) >= 11 is 1.45. The number of rotatable bonds is 5. The Kier molecular flexibility index (Phi) is 5.61. The molecule has 0 aromatic rings. The summed E-state index contributed by atoms with van der Waals surface area (Å²) in [5, 5.41) is 11.3. The third kappa shape index (κ3) is 3.84. The molecule has 19 heavy (non-hydrogen) atoms. The largest absolute Gasteiger partial charge is 0.480 e. The van der Waals surface area contributed by atoms with Gasteiger partial charge >= 0.3 is 5.97 Å². The van der Waals surface area contributed by atoms with Crippen molar-refractivity contribution in [3.8, 4) is 0 Å². The van der Waals surface area contributed by atoms with Gasteiger partial charge in [0.05, 0.1) is 18.5 Å². The van der Waals surface area contributed by atoms with Gasteiger partial charge in [-0.2, -0.15) is 0 Å². The molecule has 108 valence electrons. The van der Waals surface area contributed by atoms with Crippen molar-refractivity contribution in [2.75, 3.05) is 18.8 Å². The number of thioether (sulfide) groups is 1. The van der Waals surface area contributed by atoms with Crippen LogP contribution in [0.5, 0.6) is 0 Å². The first-order valence-corrected chi connectivity index (χ1v) is 7.05. The van der Waals surface area contributed by atoms with Crippen LogP contribution in [-0.2, 0) is 14.4 Å². The molecule has 0 aromatic heterocycles. The smallest absolute Gasteiger partial charge is 0.327 e. The van der Waals surface area contributed by atoms with Crippen molar-refractivity contribution in [1.29, 1.82) is 0 Å². The SMILES string of the molecule is CC(C)C1SCC(C(=O)O)N1C(=O)CNC(=O)CN. The van der Waals surface area contributed by atoms with Gasteiger partial charge in [-0.3, -0.25) is 9.59 Å². The number of carboxylic acids is 1. The monoisotopic (exact) mass is 289 g/mol. The maximum atomic E-state index is 12.1. The molecule has 4 N–H and O–H groups in total. The first kappa shape index (κ1) is 15.8. The average Bonchev–Trinajstić information content (AvgIpc) is 2.80. The molecule has 8 heteroatoms. The van der Waals surface area contributed by atoms with E-state index in [1.165, 1.54) is 16.7 Å². The second kappa shape index (κ2) is 6.76. The number of aliphatic carboxylic acids is 1. The van der Waals surface area contributed by atoms with E-state index in [1.54, 1.807) is 0 Å². The first-order valence-electron chi connectivity index (χ1n) is 6.00. The summed E-state index contributed by atoms with van der Waals surface area (Å²) in [6, 6.07) is -0.834. The number of carbonyl (C=O) groups excluding carboxylic acids is 2. The molecule has 1 aliphatic rings. The lowest BCUT2D eigenvalue weighted by atomic mass is 10.1. The quantitative estimate of drug-likeness (QED) is 0.603. The second-order valence-corrected chi connectivity index (χ2v) is 5.75. The second-order valence-electron chi connectivity index (χ2n) is 4.60. The number of hydrogen-bond acceptors (Lipinski definition) is 5.